The van der Waals surface area contributed by atoms with E-state index < -0.39 is 9.84 Å². The fourth-order valence-electron chi connectivity index (χ4n) is 3.75. The van der Waals surface area contributed by atoms with Crippen molar-refractivity contribution in [2.75, 3.05) is 11.9 Å². The Balaban J connectivity index is 1.54. The quantitative estimate of drug-likeness (QED) is 0.696. The molecule has 1 aliphatic carbocycles. The van der Waals surface area contributed by atoms with E-state index in [0.29, 0.717) is 11.6 Å². The van der Waals surface area contributed by atoms with Crippen LogP contribution in [0.1, 0.15) is 38.5 Å². The molecule has 1 fully saturated rings. The Kier molecular flexibility index (Phi) is 5.11. The first-order chi connectivity index (χ1) is 13.1. The highest BCUT2D eigenvalue weighted by Gasteiger charge is 2.19. The Morgan fingerprint density at radius 2 is 1.74 bits per heavy atom. The lowest BCUT2D eigenvalue weighted by Gasteiger charge is -2.21. The molecule has 0 bridgehead atoms. The molecule has 1 aliphatic rings. The number of rotatable bonds is 6. The summed E-state index contributed by atoms with van der Waals surface area (Å²) in [4.78, 5) is 0.514. The maximum Gasteiger partial charge on any atom is 0.229 e. The summed E-state index contributed by atoms with van der Waals surface area (Å²) in [5.74, 6) is 1.37. The van der Waals surface area contributed by atoms with Crippen LogP contribution in [0.25, 0.3) is 5.65 Å². The average Bonchev–Trinajstić information content (AvgIpc) is 3.12. The molecule has 1 N–H and O–H groups in total. The van der Waals surface area contributed by atoms with Gasteiger partial charge in [-0.3, -0.25) is 4.40 Å². The van der Waals surface area contributed by atoms with Crippen LogP contribution in [0.3, 0.4) is 0 Å². The second-order valence-corrected chi connectivity index (χ2v) is 9.10. The van der Waals surface area contributed by atoms with Crippen LogP contribution >= 0.6 is 0 Å². The van der Waals surface area contributed by atoms with Crippen LogP contribution in [0.5, 0.6) is 0 Å². The van der Waals surface area contributed by atoms with Gasteiger partial charge in [0.25, 0.3) is 0 Å². The first-order valence-corrected chi connectivity index (χ1v) is 11.0. The van der Waals surface area contributed by atoms with E-state index in [0.717, 1.165) is 18.9 Å². The number of fused-ring (bicyclic) bond motifs is 1. The molecule has 1 saturated carbocycles. The monoisotopic (exact) mass is 384 g/mol. The van der Waals surface area contributed by atoms with Crippen molar-refractivity contribution in [1.29, 1.82) is 0 Å². The number of nitrogens with one attached hydrogen (secondary N) is 1. The molecule has 0 radical (unpaired) electrons. The van der Waals surface area contributed by atoms with E-state index in [1.54, 1.807) is 53.1 Å². The summed E-state index contributed by atoms with van der Waals surface area (Å²) >= 11 is 0. The van der Waals surface area contributed by atoms with Gasteiger partial charge in [0.1, 0.15) is 0 Å². The second-order valence-electron chi connectivity index (χ2n) is 7.15. The molecule has 3 aromatic rings. The number of sulfone groups is 1. The van der Waals surface area contributed by atoms with Crippen molar-refractivity contribution in [3.8, 4) is 0 Å². The summed E-state index contributed by atoms with van der Waals surface area (Å²) in [6.07, 6.45) is 9.34. The largest absolute Gasteiger partial charge is 0.354 e. The van der Waals surface area contributed by atoms with Crippen LogP contribution in [0.2, 0.25) is 0 Å². The minimum absolute atomic E-state index is 0.233. The summed E-state index contributed by atoms with van der Waals surface area (Å²) in [6, 6.07) is 11.7. The van der Waals surface area contributed by atoms with E-state index in [-0.39, 0.29) is 9.79 Å². The van der Waals surface area contributed by atoms with Crippen LogP contribution in [0.15, 0.2) is 58.5 Å². The molecule has 0 spiro atoms. The molecule has 0 unspecified atom stereocenters. The van der Waals surface area contributed by atoms with Gasteiger partial charge in [0.2, 0.25) is 15.8 Å². The second kappa shape index (κ2) is 7.68. The number of pyridine rings is 1. The van der Waals surface area contributed by atoms with E-state index >= 15 is 0 Å². The topological polar surface area (TPSA) is 76.4 Å². The van der Waals surface area contributed by atoms with Crippen LogP contribution in [0, 0.1) is 5.92 Å². The summed E-state index contributed by atoms with van der Waals surface area (Å²) in [5, 5.41) is 11.6. The standard InChI is InChI=1S/C20H24N4O2S/c25-27(26,17-9-5-2-6-10-17)18-11-12-19-22-23-20(24(19)15-18)21-14-13-16-7-3-1-4-8-16/h2,5-6,9-12,15-16H,1,3-4,7-8,13-14H2,(H,21,23). The van der Waals surface area contributed by atoms with E-state index in [1.807, 2.05) is 0 Å². The first kappa shape index (κ1) is 18.0. The summed E-state index contributed by atoms with van der Waals surface area (Å²) in [7, 11) is -3.57. The van der Waals surface area contributed by atoms with Gasteiger partial charge >= 0.3 is 0 Å². The van der Waals surface area contributed by atoms with Gasteiger partial charge < -0.3 is 5.32 Å². The van der Waals surface area contributed by atoms with Gasteiger partial charge in [-0.25, -0.2) is 8.42 Å². The van der Waals surface area contributed by atoms with Gasteiger partial charge in [0, 0.05) is 12.7 Å². The minimum Gasteiger partial charge on any atom is -0.354 e. The van der Waals surface area contributed by atoms with E-state index in [2.05, 4.69) is 15.5 Å². The fourth-order valence-corrected chi connectivity index (χ4v) is 5.03. The Morgan fingerprint density at radius 3 is 2.52 bits per heavy atom. The Morgan fingerprint density at radius 1 is 0.963 bits per heavy atom. The molecule has 1 aromatic carbocycles. The molecule has 0 amide bonds. The lowest BCUT2D eigenvalue weighted by Crippen LogP contribution is -2.13. The number of hydrogen-bond donors (Lipinski definition) is 1. The zero-order valence-corrected chi connectivity index (χ0v) is 16.0. The number of hydrogen-bond acceptors (Lipinski definition) is 5. The zero-order valence-electron chi connectivity index (χ0n) is 15.2. The van der Waals surface area contributed by atoms with E-state index in [1.165, 1.54) is 32.1 Å². The minimum atomic E-state index is -3.57. The highest BCUT2D eigenvalue weighted by molar-refractivity contribution is 7.91. The summed E-state index contributed by atoms with van der Waals surface area (Å²) < 4.78 is 27.4. The normalized spacial score (nSPS) is 15.9. The molecule has 0 aliphatic heterocycles. The molecule has 4 rings (SSSR count). The highest BCUT2D eigenvalue weighted by atomic mass is 32.2. The average molecular weight is 385 g/mol. The van der Waals surface area contributed by atoms with Crippen molar-refractivity contribution >= 4 is 21.4 Å². The molecule has 2 aromatic heterocycles. The van der Waals surface area contributed by atoms with Crippen LogP contribution < -0.4 is 5.32 Å². The van der Waals surface area contributed by atoms with Gasteiger partial charge in [-0.15, -0.1) is 10.2 Å². The third-order valence-corrected chi connectivity index (χ3v) is 7.05. The number of benzene rings is 1. The van der Waals surface area contributed by atoms with Crippen molar-refractivity contribution in [3.63, 3.8) is 0 Å². The molecule has 2 heterocycles. The predicted molar refractivity (Wildman–Crippen MR) is 105 cm³/mol. The fraction of sp³-hybridized carbons (Fsp3) is 0.400. The third-order valence-electron chi connectivity index (χ3n) is 5.30. The van der Waals surface area contributed by atoms with Gasteiger partial charge in [-0.2, -0.15) is 0 Å². The molecule has 6 nitrogen and oxygen atoms in total. The zero-order chi connectivity index (χ0) is 18.7. The van der Waals surface area contributed by atoms with Crippen molar-refractivity contribution in [2.24, 2.45) is 5.92 Å². The SMILES string of the molecule is O=S(=O)(c1ccccc1)c1ccc2nnc(NCCC3CCCCC3)n2c1. The van der Waals surface area contributed by atoms with Crippen molar-refractivity contribution in [3.05, 3.63) is 48.7 Å². The summed E-state index contributed by atoms with van der Waals surface area (Å²) in [5.41, 5.74) is 0.627. The lowest BCUT2D eigenvalue weighted by molar-refractivity contribution is 0.345. The van der Waals surface area contributed by atoms with Crippen LogP contribution in [-0.2, 0) is 9.84 Å². The van der Waals surface area contributed by atoms with Crippen LogP contribution in [0.4, 0.5) is 5.95 Å². The molecule has 27 heavy (non-hydrogen) atoms. The molecular weight excluding hydrogens is 360 g/mol. The van der Waals surface area contributed by atoms with Crippen molar-refractivity contribution in [2.45, 2.75) is 48.3 Å². The highest BCUT2D eigenvalue weighted by Crippen LogP contribution is 2.26. The molecule has 0 saturated heterocycles. The summed E-state index contributed by atoms with van der Waals surface area (Å²) in [6.45, 7) is 0.821. The molecule has 142 valence electrons. The molecular formula is C20H24N4O2S. The predicted octanol–water partition coefficient (Wildman–Crippen LogP) is 3.94. The van der Waals surface area contributed by atoms with E-state index in [9.17, 15) is 8.42 Å². The van der Waals surface area contributed by atoms with Gasteiger partial charge in [-0.05, 0) is 36.6 Å². The lowest BCUT2D eigenvalue weighted by atomic mass is 9.87. The van der Waals surface area contributed by atoms with Gasteiger partial charge in [-0.1, -0.05) is 50.3 Å². The number of nitrogens with zero attached hydrogens (tertiary/aromatic N) is 3. The Hall–Kier alpha value is -2.41. The van der Waals surface area contributed by atoms with E-state index in [4.69, 9.17) is 0 Å². The van der Waals surface area contributed by atoms with Crippen molar-refractivity contribution < 1.29 is 8.42 Å². The smallest absolute Gasteiger partial charge is 0.229 e. The molecule has 7 heteroatoms. The van der Waals surface area contributed by atoms with Gasteiger partial charge in [0.15, 0.2) is 5.65 Å². The number of anilines is 1. The van der Waals surface area contributed by atoms with Crippen molar-refractivity contribution in [1.82, 2.24) is 14.6 Å². The maximum absolute atomic E-state index is 12.9. The number of aromatic nitrogens is 3. The first-order valence-electron chi connectivity index (χ1n) is 9.53. The third kappa shape index (κ3) is 3.83. The Bertz CT molecular complexity index is 1010. The maximum atomic E-state index is 12.9. The van der Waals surface area contributed by atoms with Gasteiger partial charge in [0.05, 0.1) is 9.79 Å². The molecule has 0 atom stereocenters. The Labute approximate surface area is 159 Å². The van der Waals surface area contributed by atoms with Crippen LogP contribution in [-0.4, -0.2) is 29.6 Å².